The number of aromatic nitrogens is 2. The molecule has 3 aromatic rings. The second-order valence-corrected chi connectivity index (χ2v) is 9.44. The first-order valence-electron chi connectivity index (χ1n) is 11.0. The number of thiophene rings is 1. The van der Waals surface area contributed by atoms with Gasteiger partial charge in [-0.2, -0.15) is 0 Å². The van der Waals surface area contributed by atoms with Crippen molar-refractivity contribution in [1.29, 1.82) is 0 Å². The van der Waals surface area contributed by atoms with Crippen LogP contribution in [0.2, 0.25) is 0 Å². The van der Waals surface area contributed by atoms with Crippen LogP contribution in [0.4, 0.5) is 5.69 Å². The fraction of sp³-hybridized carbons (Fsp3) is 0.417. The number of fused-ring (bicyclic) bond motifs is 1. The third-order valence-corrected chi connectivity index (χ3v) is 7.21. The van der Waals surface area contributed by atoms with Crippen molar-refractivity contribution in [2.75, 3.05) is 51.3 Å². The van der Waals surface area contributed by atoms with E-state index in [0.717, 1.165) is 68.3 Å². The Morgan fingerprint density at radius 3 is 2.61 bits per heavy atom. The maximum absolute atomic E-state index is 13.2. The fourth-order valence-electron chi connectivity index (χ4n) is 4.29. The van der Waals surface area contributed by atoms with Gasteiger partial charge in [-0.1, -0.05) is 5.57 Å². The largest absolute Gasteiger partial charge is 0.381 e. The van der Waals surface area contributed by atoms with E-state index in [0.29, 0.717) is 4.70 Å². The van der Waals surface area contributed by atoms with Crippen molar-refractivity contribution in [3.63, 3.8) is 0 Å². The normalized spacial score (nSPS) is 18.4. The van der Waals surface area contributed by atoms with E-state index in [-0.39, 0.29) is 5.56 Å². The molecule has 5 rings (SSSR count). The Bertz CT molecular complexity index is 1140. The molecule has 0 aliphatic carbocycles. The molecule has 0 saturated carbocycles. The summed E-state index contributed by atoms with van der Waals surface area (Å²) in [4.78, 5) is 23.6. The van der Waals surface area contributed by atoms with Crippen LogP contribution in [0.1, 0.15) is 24.1 Å². The molecule has 4 heterocycles. The maximum atomic E-state index is 13.2. The number of ether oxygens (including phenoxy) is 1. The minimum atomic E-state index is -0.00391. The lowest BCUT2D eigenvalue weighted by Crippen LogP contribution is -2.28. The van der Waals surface area contributed by atoms with Crippen molar-refractivity contribution in [2.45, 2.75) is 19.3 Å². The van der Waals surface area contributed by atoms with Crippen LogP contribution in [-0.4, -0.2) is 60.9 Å². The summed E-state index contributed by atoms with van der Waals surface area (Å²) in [5, 5.41) is 0. The van der Waals surface area contributed by atoms with E-state index in [2.05, 4.69) is 40.0 Å². The molecule has 2 aliphatic heterocycles. The molecule has 1 aromatic carbocycles. The molecule has 2 fully saturated rings. The lowest BCUT2D eigenvalue weighted by molar-refractivity contribution is 0.119. The van der Waals surface area contributed by atoms with Crippen LogP contribution in [0.25, 0.3) is 22.0 Å². The number of hydrogen-bond acceptors (Lipinski definition) is 6. The second-order valence-electron chi connectivity index (χ2n) is 8.36. The SMILES string of the molecule is CN1CCCN(c2ccc(-n3cnc4cc(C=C5CCOCC5)sc4c3=O)cc2)CC1. The zero-order valence-electron chi connectivity index (χ0n) is 17.9. The summed E-state index contributed by atoms with van der Waals surface area (Å²) in [6, 6.07) is 10.3. The van der Waals surface area contributed by atoms with Crippen molar-refractivity contribution < 1.29 is 4.74 Å². The van der Waals surface area contributed by atoms with E-state index >= 15 is 0 Å². The van der Waals surface area contributed by atoms with Gasteiger partial charge in [0.05, 0.1) is 24.4 Å². The summed E-state index contributed by atoms with van der Waals surface area (Å²) in [5.41, 5.74) is 4.22. The smallest absolute Gasteiger partial charge is 0.275 e. The summed E-state index contributed by atoms with van der Waals surface area (Å²) in [5.74, 6) is 0. The number of anilines is 1. The van der Waals surface area contributed by atoms with Crippen molar-refractivity contribution in [3.05, 3.63) is 57.5 Å². The van der Waals surface area contributed by atoms with Crippen LogP contribution < -0.4 is 10.5 Å². The van der Waals surface area contributed by atoms with Gasteiger partial charge in [0.15, 0.2) is 0 Å². The highest BCUT2D eigenvalue weighted by molar-refractivity contribution is 7.19. The van der Waals surface area contributed by atoms with E-state index in [1.54, 1.807) is 10.9 Å². The quantitative estimate of drug-likeness (QED) is 0.625. The van der Waals surface area contributed by atoms with Crippen molar-refractivity contribution in [3.8, 4) is 5.69 Å². The first-order chi connectivity index (χ1) is 15.2. The summed E-state index contributed by atoms with van der Waals surface area (Å²) in [6.07, 6.45) is 6.95. The molecule has 2 aliphatic rings. The van der Waals surface area contributed by atoms with E-state index < -0.39 is 0 Å². The predicted molar refractivity (Wildman–Crippen MR) is 128 cm³/mol. The number of likely N-dealkylation sites (N-methyl/N-ethyl adjacent to an activating group) is 1. The molecule has 0 bridgehead atoms. The molecule has 0 amide bonds. The Labute approximate surface area is 186 Å². The number of hydrogen-bond donors (Lipinski definition) is 0. The molecule has 0 N–H and O–H groups in total. The Kier molecular flexibility index (Phi) is 5.89. The van der Waals surface area contributed by atoms with Crippen LogP contribution in [0, 0.1) is 0 Å². The van der Waals surface area contributed by atoms with Gasteiger partial charge < -0.3 is 14.5 Å². The first kappa shape index (κ1) is 20.4. The van der Waals surface area contributed by atoms with Crippen LogP contribution in [0.3, 0.4) is 0 Å². The molecule has 2 aromatic heterocycles. The Morgan fingerprint density at radius 1 is 1.03 bits per heavy atom. The molecule has 7 heteroatoms. The molecular formula is C24H28N4O2S. The first-order valence-corrected chi connectivity index (χ1v) is 11.8. The maximum Gasteiger partial charge on any atom is 0.275 e. The van der Waals surface area contributed by atoms with Crippen molar-refractivity contribution >= 4 is 33.3 Å². The van der Waals surface area contributed by atoms with Gasteiger partial charge in [0.2, 0.25) is 0 Å². The minimum Gasteiger partial charge on any atom is -0.381 e. The van der Waals surface area contributed by atoms with Crippen molar-refractivity contribution in [2.24, 2.45) is 0 Å². The van der Waals surface area contributed by atoms with Gasteiger partial charge in [-0.05, 0) is 69.3 Å². The molecule has 0 spiro atoms. The van der Waals surface area contributed by atoms with Gasteiger partial charge >= 0.3 is 0 Å². The lowest BCUT2D eigenvalue weighted by Gasteiger charge is -2.23. The third kappa shape index (κ3) is 4.44. The van der Waals surface area contributed by atoms with Crippen LogP contribution in [0.15, 0.2) is 47.0 Å². The minimum absolute atomic E-state index is 0.00391. The molecule has 0 unspecified atom stereocenters. The number of rotatable bonds is 3. The highest BCUT2D eigenvalue weighted by atomic mass is 32.1. The van der Waals surface area contributed by atoms with E-state index in [4.69, 9.17) is 4.74 Å². The molecular weight excluding hydrogens is 408 g/mol. The standard InChI is InChI=1S/C24H28N4O2S/c1-26-9-2-10-27(12-11-26)19-3-5-20(6-4-19)28-17-25-22-16-21(31-23(22)24(28)29)15-18-7-13-30-14-8-18/h3-6,15-17H,2,7-14H2,1H3. The fourth-order valence-corrected chi connectivity index (χ4v) is 5.33. The summed E-state index contributed by atoms with van der Waals surface area (Å²) >= 11 is 1.53. The molecule has 0 radical (unpaired) electrons. The summed E-state index contributed by atoms with van der Waals surface area (Å²) in [6.45, 7) is 5.88. The zero-order valence-corrected chi connectivity index (χ0v) is 18.7. The molecule has 0 atom stereocenters. The average molecular weight is 437 g/mol. The van der Waals surface area contributed by atoms with Gasteiger partial charge in [-0.25, -0.2) is 4.98 Å². The summed E-state index contributed by atoms with van der Waals surface area (Å²) < 4.78 is 7.80. The van der Waals surface area contributed by atoms with Gasteiger partial charge in [0, 0.05) is 30.2 Å². The van der Waals surface area contributed by atoms with Crippen LogP contribution >= 0.6 is 11.3 Å². The summed E-state index contributed by atoms with van der Waals surface area (Å²) in [7, 11) is 2.18. The molecule has 6 nitrogen and oxygen atoms in total. The molecule has 31 heavy (non-hydrogen) atoms. The van der Waals surface area contributed by atoms with E-state index in [1.807, 2.05) is 18.2 Å². The topological polar surface area (TPSA) is 50.6 Å². The number of nitrogens with zero attached hydrogens (tertiary/aromatic N) is 4. The highest BCUT2D eigenvalue weighted by Gasteiger charge is 2.14. The highest BCUT2D eigenvalue weighted by Crippen LogP contribution is 2.26. The van der Waals surface area contributed by atoms with Gasteiger partial charge in [0.1, 0.15) is 11.0 Å². The molecule has 2 saturated heterocycles. The van der Waals surface area contributed by atoms with E-state index in [1.165, 1.54) is 29.0 Å². The predicted octanol–water partition coefficient (Wildman–Crippen LogP) is 3.78. The second kappa shape index (κ2) is 8.94. The molecule has 162 valence electrons. The monoisotopic (exact) mass is 436 g/mol. The Balaban J connectivity index is 1.41. The van der Waals surface area contributed by atoms with Crippen LogP contribution in [-0.2, 0) is 4.74 Å². The van der Waals surface area contributed by atoms with Crippen molar-refractivity contribution in [1.82, 2.24) is 14.5 Å². The van der Waals surface area contributed by atoms with Gasteiger partial charge in [0.25, 0.3) is 5.56 Å². The average Bonchev–Trinajstić information content (AvgIpc) is 3.08. The zero-order chi connectivity index (χ0) is 21.2. The van der Waals surface area contributed by atoms with Crippen LogP contribution in [0.5, 0.6) is 0 Å². The van der Waals surface area contributed by atoms with Gasteiger partial charge in [-0.3, -0.25) is 9.36 Å². The lowest BCUT2D eigenvalue weighted by atomic mass is 10.1. The third-order valence-electron chi connectivity index (χ3n) is 6.15. The number of benzene rings is 1. The van der Waals surface area contributed by atoms with E-state index in [9.17, 15) is 4.79 Å². The Morgan fingerprint density at radius 2 is 1.81 bits per heavy atom. The Hall–Kier alpha value is -2.48. The van der Waals surface area contributed by atoms with Gasteiger partial charge in [-0.15, -0.1) is 11.3 Å².